The summed E-state index contributed by atoms with van der Waals surface area (Å²) in [6, 6.07) is -0.0841. The van der Waals surface area contributed by atoms with Gasteiger partial charge in [-0.25, -0.2) is 0 Å². The fourth-order valence-corrected chi connectivity index (χ4v) is 56.3. The van der Waals surface area contributed by atoms with Crippen LogP contribution in [0.4, 0.5) is 0 Å². The van der Waals surface area contributed by atoms with Crippen LogP contribution >= 0.6 is 73.1 Å². The molecule has 0 aliphatic rings. The maximum absolute atomic E-state index is 11.8. The Balaban J connectivity index is 4.40. The number of carbonyl (C=O) groups excluding carboxylic acids is 1. The number of nitrogens with two attached hydrogens (primary N) is 2. The Labute approximate surface area is 143 Å². The Bertz CT molecular complexity index is 340. The van der Waals surface area contributed by atoms with Crippen LogP contribution < -0.4 is 16.6 Å². The van der Waals surface area contributed by atoms with E-state index in [1.165, 1.54) is 0 Å². The van der Waals surface area contributed by atoms with Crippen LogP contribution in [0.5, 0.6) is 0 Å². The van der Waals surface area contributed by atoms with Gasteiger partial charge >= 0.3 is 0 Å². The number of carbonyl (C=O) groups is 1. The highest BCUT2D eigenvalue weighted by molar-refractivity contribution is 9.03. The zero-order chi connectivity index (χ0) is 16.4. The fraction of sp³-hybridized carbons (Fsp3) is 0.714. The van der Waals surface area contributed by atoms with E-state index in [9.17, 15) is 4.79 Å². The monoisotopic (exact) mass is 460 g/mol. The molecule has 0 amide bonds. The summed E-state index contributed by atoms with van der Waals surface area (Å²) in [5, 5.41) is 3.55. The summed E-state index contributed by atoms with van der Waals surface area (Å²) in [5.41, 5.74) is 10.6. The van der Waals surface area contributed by atoms with Crippen molar-refractivity contribution in [3.63, 3.8) is 0 Å². The summed E-state index contributed by atoms with van der Waals surface area (Å²) < 4.78 is 0. The minimum atomic E-state index is -0.363. The van der Waals surface area contributed by atoms with Gasteiger partial charge in [-0.05, 0) is 33.7 Å². The molecule has 14 heteroatoms. The van der Waals surface area contributed by atoms with Crippen LogP contribution in [0.25, 0.3) is 0 Å². The lowest BCUT2D eigenvalue weighted by Gasteiger charge is -2.28. The van der Waals surface area contributed by atoms with Gasteiger partial charge in [0.2, 0.25) is 0 Å². The van der Waals surface area contributed by atoms with Gasteiger partial charge < -0.3 is 11.5 Å². The van der Waals surface area contributed by atoms with E-state index in [0.717, 1.165) is 28.8 Å². The SMILES string of the molecule is CC(=O)[C@H](CCCN=C(N)N)NP(P)P(PP)PP(P)P. The van der Waals surface area contributed by atoms with Crippen molar-refractivity contribution >= 4 is 84.8 Å². The van der Waals surface area contributed by atoms with Gasteiger partial charge in [0, 0.05) is 14.0 Å². The lowest BCUT2D eigenvalue weighted by Crippen LogP contribution is -2.30. The Kier molecular flexibility index (Phi) is 15.8. The predicted octanol–water partition coefficient (Wildman–Crippen LogP) is 4.13. The lowest BCUT2D eigenvalue weighted by atomic mass is 10.1. The second kappa shape index (κ2) is 14.0. The molecule has 0 aromatic heterocycles. The molecular formula is C7H25N4OP9. The Morgan fingerprint density at radius 2 is 2.00 bits per heavy atom. The van der Waals surface area contributed by atoms with Crippen molar-refractivity contribution in [2.75, 3.05) is 6.54 Å². The first-order valence-electron chi connectivity index (χ1n) is 5.96. The minimum absolute atomic E-state index is 0.0235. The van der Waals surface area contributed by atoms with Crippen LogP contribution in [-0.2, 0) is 4.79 Å². The first-order valence-corrected chi connectivity index (χ1v) is 21.9. The average molecular weight is 460 g/mol. The van der Waals surface area contributed by atoms with Gasteiger partial charge in [-0.3, -0.25) is 14.9 Å². The number of rotatable bonds is 11. The molecule has 0 radical (unpaired) electrons. The molecule has 21 heavy (non-hydrogen) atoms. The quantitative estimate of drug-likeness (QED) is 0.187. The summed E-state index contributed by atoms with van der Waals surface area (Å²) in [5.74, 6) is 0.304. The molecule has 5 nitrogen and oxygen atoms in total. The molecular weight excluding hydrogens is 435 g/mol. The molecule has 0 aromatic rings. The Morgan fingerprint density at radius 3 is 2.43 bits per heavy atom. The van der Waals surface area contributed by atoms with Crippen molar-refractivity contribution < 1.29 is 4.79 Å². The van der Waals surface area contributed by atoms with Crippen molar-refractivity contribution in [3.05, 3.63) is 0 Å². The standard InChI is InChI=1S/C7H25N4OP9/c1-5(12)6(3-2-4-10-7(8)9)11-19(14)21(17-13)18-20(15)16/h6,11,17-18H,2-4,13-16H2,1H3,(H4,8,9,10)/t6-,19?,21?/m0/s1. The van der Waals surface area contributed by atoms with Gasteiger partial charge in [-0.1, -0.05) is 24.8 Å². The maximum Gasteiger partial charge on any atom is 0.185 e. The largest absolute Gasteiger partial charge is 0.370 e. The van der Waals surface area contributed by atoms with Crippen LogP contribution in [-0.4, -0.2) is 24.3 Å². The highest BCUT2D eigenvalue weighted by Crippen LogP contribution is 2.99. The third-order valence-corrected chi connectivity index (χ3v) is 42.1. The molecule has 0 rings (SSSR count). The normalized spacial score (nSPS) is 16.7. The molecule has 8 unspecified atom stereocenters. The molecule has 9 atom stereocenters. The van der Waals surface area contributed by atoms with Crippen molar-refractivity contribution in [1.29, 1.82) is 0 Å². The molecule has 0 aromatic carbocycles. The molecule has 0 fully saturated rings. The van der Waals surface area contributed by atoms with Crippen molar-refractivity contribution in [1.82, 2.24) is 5.09 Å². The predicted molar refractivity (Wildman–Crippen MR) is 124 cm³/mol. The Morgan fingerprint density at radius 1 is 1.38 bits per heavy atom. The highest BCUT2D eigenvalue weighted by Gasteiger charge is 2.22. The molecule has 0 heterocycles. The van der Waals surface area contributed by atoms with Crippen LogP contribution in [0.3, 0.4) is 0 Å². The molecule has 0 aliphatic carbocycles. The van der Waals surface area contributed by atoms with Gasteiger partial charge in [0.25, 0.3) is 0 Å². The van der Waals surface area contributed by atoms with E-state index in [4.69, 9.17) is 11.5 Å². The Hall–Kier alpha value is 2.77. The summed E-state index contributed by atoms with van der Waals surface area (Å²) in [4.78, 5) is 15.8. The van der Waals surface area contributed by atoms with E-state index < -0.39 is 0 Å². The van der Waals surface area contributed by atoms with Gasteiger partial charge in [0.15, 0.2) is 5.96 Å². The third kappa shape index (κ3) is 12.7. The second-order valence-corrected chi connectivity index (χ2v) is 33.8. The summed E-state index contributed by atoms with van der Waals surface area (Å²) in [7, 11) is 13.1. The second-order valence-electron chi connectivity index (χ2n) is 4.03. The zero-order valence-electron chi connectivity index (χ0n) is 11.9. The van der Waals surface area contributed by atoms with Gasteiger partial charge in [0.1, 0.15) is 5.78 Å². The summed E-state index contributed by atoms with van der Waals surface area (Å²) in [6.07, 6.45) is 1.59. The third-order valence-electron chi connectivity index (χ3n) is 2.27. The highest BCUT2D eigenvalue weighted by atomic mass is 33.1. The molecule has 5 N–H and O–H groups in total. The van der Waals surface area contributed by atoms with Gasteiger partial charge in [-0.15, -0.1) is 26.8 Å². The number of Topliss-reactive ketones (excluding diaryl/α,β-unsaturated/α-hetero) is 1. The van der Waals surface area contributed by atoms with Crippen molar-refractivity contribution in [2.45, 2.75) is 25.8 Å². The van der Waals surface area contributed by atoms with Gasteiger partial charge in [-0.2, -0.15) is 0 Å². The molecule has 0 bridgehead atoms. The molecule has 124 valence electrons. The lowest BCUT2D eigenvalue weighted by molar-refractivity contribution is -0.118. The number of hydrogen-bond donors (Lipinski definition) is 3. The molecule has 0 aliphatic heterocycles. The van der Waals surface area contributed by atoms with E-state index in [1.54, 1.807) is 6.92 Å². The number of ketones is 1. The number of nitrogens with one attached hydrogen (secondary N) is 1. The first-order chi connectivity index (χ1) is 9.77. The van der Waals surface area contributed by atoms with Crippen molar-refractivity contribution in [3.8, 4) is 0 Å². The average Bonchev–Trinajstić information content (AvgIpc) is 2.38. The van der Waals surface area contributed by atoms with E-state index in [1.807, 2.05) is 0 Å². The summed E-state index contributed by atoms with van der Waals surface area (Å²) in [6.45, 7) is 2.16. The van der Waals surface area contributed by atoms with Gasteiger partial charge in [0.05, 0.1) is 6.04 Å². The smallest absolute Gasteiger partial charge is 0.185 e. The number of nitrogens with zero attached hydrogens (tertiary/aromatic N) is 1. The number of guanidine groups is 1. The number of aliphatic imine (C=N–C) groups is 1. The van der Waals surface area contributed by atoms with Crippen LogP contribution in [0.1, 0.15) is 19.8 Å². The fourth-order valence-electron chi connectivity index (χ4n) is 1.33. The number of hydrogen-bond acceptors (Lipinski definition) is 3. The topological polar surface area (TPSA) is 93.5 Å². The van der Waals surface area contributed by atoms with E-state index in [-0.39, 0.29) is 39.2 Å². The molecule has 0 saturated heterocycles. The van der Waals surface area contributed by atoms with E-state index in [0.29, 0.717) is 6.54 Å². The van der Waals surface area contributed by atoms with E-state index in [2.05, 4.69) is 45.8 Å². The van der Waals surface area contributed by atoms with Crippen LogP contribution in [0.15, 0.2) is 4.99 Å². The first kappa shape index (κ1) is 23.8. The van der Waals surface area contributed by atoms with E-state index >= 15 is 0 Å². The van der Waals surface area contributed by atoms with Crippen molar-refractivity contribution in [2.24, 2.45) is 16.5 Å². The summed E-state index contributed by atoms with van der Waals surface area (Å²) >= 11 is 0. The maximum atomic E-state index is 11.8. The molecule has 0 saturated carbocycles. The van der Waals surface area contributed by atoms with Crippen LogP contribution in [0, 0.1) is 0 Å². The zero-order valence-corrected chi connectivity index (χ0v) is 21.2. The minimum Gasteiger partial charge on any atom is -0.370 e. The van der Waals surface area contributed by atoms with Crippen LogP contribution in [0.2, 0.25) is 0 Å². The molecule has 0 spiro atoms.